The van der Waals surface area contributed by atoms with Gasteiger partial charge in [0.25, 0.3) is 0 Å². The molecule has 0 atom stereocenters. The van der Waals surface area contributed by atoms with Gasteiger partial charge in [0, 0.05) is 31.5 Å². The van der Waals surface area contributed by atoms with Crippen molar-refractivity contribution in [3.8, 4) is 0 Å². The Morgan fingerprint density at radius 2 is 2.19 bits per heavy atom. The molecule has 1 aromatic carbocycles. The first-order valence-electron chi connectivity index (χ1n) is 6.44. The van der Waals surface area contributed by atoms with E-state index in [4.69, 9.17) is 5.84 Å². The Kier molecular flexibility index (Phi) is 3.41. The maximum Gasteiger partial charge on any atom is 0.180 e. The third kappa shape index (κ3) is 2.50. The lowest BCUT2D eigenvalue weighted by atomic mass is 10.2. The monoisotopic (exact) mass is 286 g/mol. The van der Waals surface area contributed by atoms with Crippen LogP contribution in [0, 0.1) is 5.82 Å². The summed E-state index contributed by atoms with van der Waals surface area (Å²) in [6, 6.07) is 6.67. The molecule has 0 radical (unpaired) electrons. The number of benzene rings is 1. The van der Waals surface area contributed by atoms with Crippen LogP contribution in [0.15, 0.2) is 42.9 Å². The van der Waals surface area contributed by atoms with Gasteiger partial charge in [-0.1, -0.05) is 18.2 Å². The van der Waals surface area contributed by atoms with Gasteiger partial charge in [0.15, 0.2) is 17.3 Å². The Labute approximate surface area is 121 Å². The fourth-order valence-corrected chi connectivity index (χ4v) is 2.20. The molecule has 2 aromatic heterocycles. The average molecular weight is 286 g/mol. The van der Waals surface area contributed by atoms with E-state index < -0.39 is 0 Å². The molecule has 7 heteroatoms. The molecule has 0 amide bonds. The molecule has 0 aliphatic carbocycles. The van der Waals surface area contributed by atoms with Crippen molar-refractivity contribution >= 4 is 17.3 Å². The summed E-state index contributed by atoms with van der Waals surface area (Å²) in [7, 11) is 1.84. The molecule has 3 aromatic rings. The molecular formula is C14H15FN6. The van der Waals surface area contributed by atoms with E-state index in [1.807, 2.05) is 22.4 Å². The lowest BCUT2D eigenvalue weighted by Crippen LogP contribution is -2.21. The van der Waals surface area contributed by atoms with E-state index in [0.29, 0.717) is 29.4 Å². The maximum absolute atomic E-state index is 13.8. The van der Waals surface area contributed by atoms with E-state index in [0.717, 1.165) is 0 Å². The summed E-state index contributed by atoms with van der Waals surface area (Å²) < 4.78 is 15.6. The minimum atomic E-state index is -0.239. The second-order valence-electron chi connectivity index (χ2n) is 4.70. The van der Waals surface area contributed by atoms with E-state index in [1.165, 1.54) is 6.07 Å². The molecule has 3 N–H and O–H groups in total. The van der Waals surface area contributed by atoms with Gasteiger partial charge in [-0.3, -0.25) is 0 Å². The number of nitrogens with zero attached hydrogens (tertiary/aromatic N) is 4. The topological polar surface area (TPSA) is 71.5 Å². The smallest absolute Gasteiger partial charge is 0.180 e. The second-order valence-corrected chi connectivity index (χ2v) is 4.70. The number of imidazole rings is 1. The molecule has 0 saturated heterocycles. The summed E-state index contributed by atoms with van der Waals surface area (Å²) >= 11 is 0. The SMILES string of the molecule is CN(Cc1ccccc1F)c1nc(NN)cn2ccnc12. The summed E-state index contributed by atoms with van der Waals surface area (Å²) in [6.45, 7) is 0.385. The summed E-state index contributed by atoms with van der Waals surface area (Å²) in [5.41, 5.74) is 3.80. The highest BCUT2D eigenvalue weighted by molar-refractivity contribution is 5.66. The molecule has 0 aliphatic rings. The highest BCUT2D eigenvalue weighted by Gasteiger charge is 2.13. The standard InChI is InChI=1S/C14H15FN6/c1-20(8-10-4-2-3-5-11(10)15)14-13-17-6-7-21(13)9-12(18-14)19-16/h2-7,9,19H,8,16H2,1H3. The highest BCUT2D eigenvalue weighted by atomic mass is 19.1. The lowest BCUT2D eigenvalue weighted by Gasteiger charge is -2.20. The van der Waals surface area contributed by atoms with Crippen LogP contribution in [0.25, 0.3) is 5.65 Å². The molecule has 0 saturated carbocycles. The summed E-state index contributed by atoms with van der Waals surface area (Å²) in [5.74, 6) is 6.33. The molecule has 21 heavy (non-hydrogen) atoms. The van der Waals surface area contributed by atoms with Gasteiger partial charge in [-0.2, -0.15) is 0 Å². The van der Waals surface area contributed by atoms with Gasteiger partial charge in [0.2, 0.25) is 0 Å². The molecule has 108 valence electrons. The van der Waals surface area contributed by atoms with Gasteiger partial charge in [0.1, 0.15) is 5.82 Å². The first-order valence-corrected chi connectivity index (χ1v) is 6.44. The van der Waals surface area contributed by atoms with Crippen molar-refractivity contribution in [1.29, 1.82) is 0 Å². The van der Waals surface area contributed by atoms with E-state index in [1.54, 1.807) is 30.7 Å². The Morgan fingerprint density at radius 1 is 1.38 bits per heavy atom. The molecule has 0 spiro atoms. The predicted molar refractivity (Wildman–Crippen MR) is 79.3 cm³/mol. The van der Waals surface area contributed by atoms with Crippen LogP contribution in [-0.4, -0.2) is 21.4 Å². The largest absolute Gasteiger partial charge is 0.352 e. The molecule has 0 fully saturated rings. The predicted octanol–water partition coefficient (Wildman–Crippen LogP) is 1.79. The van der Waals surface area contributed by atoms with Crippen molar-refractivity contribution < 1.29 is 4.39 Å². The number of nitrogens with two attached hydrogens (primary N) is 1. The number of hydrazine groups is 1. The quantitative estimate of drug-likeness (QED) is 0.565. The number of hydrogen-bond acceptors (Lipinski definition) is 5. The van der Waals surface area contributed by atoms with Crippen molar-refractivity contribution in [2.45, 2.75) is 6.54 Å². The first kappa shape index (κ1) is 13.3. The van der Waals surface area contributed by atoms with Crippen molar-refractivity contribution in [3.05, 3.63) is 54.2 Å². The number of rotatable bonds is 4. The normalized spacial score (nSPS) is 10.8. The maximum atomic E-state index is 13.8. The first-order chi connectivity index (χ1) is 10.2. The number of nitrogen functional groups attached to an aromatic ring is 1. The van der Waals surface area contributed by atoms with Crippen LogP contribution >= 0.6 is 0 Å². The molecule has 6 nitrogen and oxygen atoms in total. The number of hydrogen-bond donors (Lipinski definition) is 2. The molecule has 0 bridgehead atoms. The van der Waals surface area contributed by atoms with Gasteiger partial charge < -0.3 is 14.7 Å². The zero-order valence-electron chi connectivity index (χ0n) is 11.5. The Morgan fingerprint density at radius 3 is 2.95 bits per heavy atom. The van der Waals surface area contributed by atoms with E-state index in [2.05, 4.69) is 15.4 Å². The number of halogens is 1. The van der Waals surface area contributed by atoms with Crippen LogP contribution in [0.5, 0.6) is 0 Å². The van der Waals surface area contributed by atoms with Gasteiger partial charge in [-0.25, -0.2) is 20.2 Å². The number of fused-ring (bicyclic) bond motifs is 1. The fraction of sp³-hybridized carbons (Fsp3) is 0.143. The summed E-state index contributed by atoms with van der Waals surface area (Å²) in [5, 5.41) is 0. The van der Waals surface area contributed by atoms with Gasteiger partial charge in [-0.05, 0) is 6.07 Å². The zero-order chi connectivity index (χ0) is 14.8. The Bertz CT molecular complexity index is 769. The van der Waals surface area contributed by atoms with Crippen LogP contribution < -0.4 is 16.2 Å². The van der Waals surface area contributed by atoms with Crippen molar-refractivity contribution in [2.24, 2.45) is 5.84 Å². The average Bonchev–Trinajstić information content (AvgIpc) is 2.96. The van der Waals surface area contributed by atoms with Crippen LogP contribution in [0.2, 0.25) is 0 Å². The van der Waals surface area contributed by atoms with Gasteiger partial charge >= 0.3 is 0 Å². The minimum absolute atomic E-state index is 0.239. The van der Waals surface area contributed by atoms with Crippen LogP contribution in [0.1, 0.15) is 5.56 Å². The Hall–Kier alpha value is -2.67. The lowest BCUT2D eigenvalue weighted by molar-refractivity contribution is 0.607. The molecular weight excluding hydrogens is 271 g/mol. The minimum Gasteiger partial charge on any atom is -0.352 e. The van der Waals surface area contributed by atoms with Crippen LogP contribution in [0.4, 0.5) is 16.0 Å². The zero-order valence-corrected chi connectivity index (χ0v) is 11.5. The number of nitrogens with one attached hydrogen (secondary N) is 1. The van der Waals surface area contributed by atoms with E-state index >= 15 is 0 Å². The third-order valence-electron chi connectivity index (χ3n) is 3.23. The fourth-order valence-electron chi connectivity index (χ4n) is 2.20. The Balaban J connectivity index is 1.99. The molecule has 2 heterocycles. The summed E-state index contributed by atoms with van der Waals surface area (Å²) in [4.78, 5) is 10.5. The molecule has 3 rings (SSSR count). The van der Waals surface area contributed by atoms with E-state index in [9.17, 15) is 4.39 Å². The van der Waals surface area contributed by atoms with Crippen molar-refractivity contribution in [2.75, 3.05) is 17.4 Å². The third-order valence-corrected chi connectivity index (χ3v) is 3.23. The number of aromatic nitrogens is 3. The summed E-state index contributed by atoms with van der Waals surface area (Å²) in [6.07, 6.45) is 5.22. The van der Waals surface area contributed by atoms with Crippen LogP contribution in [-0.2, 0) is 6.54 Å². The van der Waals surface area contributed by atoms with Crippen LogP contribution in [0.3, 0.4) is 0 Å². The van der Waals surface area contributed by atoms with Gasteiger partial charge in [0.05, 0.1) is 6.20 Å². The highest BCUT2D eigenvalue weighted by Crippen LogP contribution is 2.21. The molecule has 0 unspecified atom stereocenters. The van der Waals surface area contributed by atoms with Gasteiger partial charge in [-0.15, -0.1) is 0 Å². The van der Waals surface area contributed by atoms with Crippen molar-refractivity contribution in [3.63, 3.8) is 0 Å². The van der Waals surface area contributed by atoms with Crippen molar-refractivity contribution in [1.82, 2.24) is 14.4 Å². The second kappa shape index (κ2) is 5.37. The van der Waals surface area contributed by atoms with E-state index in [-0.39, 0.29) is 5.82 Å². The number of anilines is 2. The molecule has 0 aliphatic heterocycles.